The molecule has 1 aliphatic heterocycles. The van der Waals surface area contributed by atoms with E-state index in [0.29, 0.717) is 18.0 Å². The van der Waals surface area contributed by atoms with Crippen LogP contribution in [0.4, 0.5) is 0 Å². The van der Waals surface area contributed by atoms with E-state index in [0.717, 1.165) is 18.7 Å². The van der Waals surface area contributed by atoms with Crippen molar-refractivity contribution >= 4 is 5.91 Å². The fraction of sp³-hybridized carbons (Fsp3) is 0.357. The summed E-state index contributed by atoms with van der Waals surface area (Å²) in [6, 6.07) is 5.49. The van der Waals surface area contributed by atoms with Gasteiger partial charge < -0.3 is 14.7 Å². The van der Waals surface area contributed by atoms with Gasteiger partial charge in [0.2, 0.25) is 0 Å². The summed E-state index contributed by atoms with van der Waals surface area (Å²) in [5, 5.41) is 7.15. The summed E-state index contributed by atoms with van der Waals surface area (Å²) in [6.45, 7) is 4.33. The molecule has 6 heteroatoms. The Labute approximate surface area is 116 Å². The molecule has 3 rings (SSSR count). The third kappa shape index (κ3) is 2.42. The number of aromatic nitrogens is 2. The second kappa shape index (κ2) is 5.42. The molecule has 20 heavy (non-hydrogen) atoms. The fourth-order valence-electron chi connectivity index (χ4n) is 2.32. The van der Waals surface area contributed by atoms with Crippen LogP contribution in [-0.4, -0.2) is 46.6 Å². The number of nitrogens with zero attached hydrogens (tertiary/aromatic N) is 3. The number of rotatable bonds is 2. The van der Waals surface area contributed by atoms with E-state index in [1.165, 1.54) is 0 Å². The second-order valence-electron chi connectivity index (χ2n) is 4.86. The molecule has 1 N–H and O–H groups in total. The summed E-state index contributed by atoms with van der Waals surface area (Å²) < 4.78 is 5.26. The number of pyridine rings is 1. The molecule has 1 atom stereocenters. The molecule has 6 nitrogen and oxygen atoms in total. The Kier molecular flexibility index (Phi) is 3.47. The molecule has 2 aromatic rings. The van der Waals surface area contributed by atoms with Crippen LogP contribution in [0.3, 0.4) is 0 Å². The van der Waals surface area contributed by atoms with Gasteiger partial charge in [0.05, 0.1) is 0 Å². The van der Waals surface area contributed by atoms with E-state index in [4.69, 9.17) is 4.52 Å². The van der Waals surface area contributed by atoms with Crippen LogP contribution in [0.2, 0.25) is 0 Å². The zero-order valence-electron chi connectivity index (χ0n) is 11.2. The van der Waals surface area contributed by atoms with Gasteiger partial charge in [-0.3, -0.25) is 9.78 Å². The molecule has 104 valence electrons. The number of amides is 1. The SMILES string of the molecule is C[C@H]1CNCCN1C(=O)c1cc(-c2ccncc2)on1. The fourth-order valence-corrected chi connectivity index (χ4v) is 2.32. The Morgan fingerprint density at radius 1 is 1.45 bits per heavy atom. The van der Waals surface area contributed by atoms with Gasteiger partial charge in [0.25, 0.3) is 5.91 Å². The lowest BCUT2D eigenvalue weighted by molar-refractivity contribution is 0.0645. The lowest BCUT2D eigenvalue weighted by Crippen LogP contribution is -2.52. The van der Waals surface area contributed by atoms with Crippen molar-refractivity contribution in [2.45, 2.75) is 13.0 Å². The van der Waals surface area contributed by atoms with E-state index >= 15 is 0 Å². The highest BCUT2D eigenvalue weighted by Crippen LogP contribution is 2.20. The number of carbonyl (C=O) groups is 1. The lowest BCUT2D eigenvalue weighted by Gasteiger charge is -2.33. The van der Waals surface area contributed by atoms with Crippen LogP contribution in [0.15, 0.2) is 35.1 Å². The van der Waals surface area contributed by atoms with Crippen LogP contribution in [0.1, 0.15) is 17.4 Å². The van der Waals surface area contributed by atoms with Crippen LogP contribution in [-0.2, 0) is 0 Å². The van der Waals surface area contributed by atoms with Gasteiger partial charge in [-0.05, 0) is 19.1 Å². The molecule has 1 fully saturated rings. The summed E-state index contributed by atoms with van der Waals surface area (Å²) in [6.07, 6.45) is 3.36. The maximum absolute atomic E-state index is 12.4. The standard InChI is InChI=1S/C14H16N4O2/c1-10-9-16-6-7-18(10)14(19)12-8-13(20-17-12)11-2-4-15-5-3-11/h2-5,8,10,16H,6-7,9H2,1H3/t10-/m0/s1. The second-order valence-corrected chi connectivity index (χ2v) is 4.86. The van der Waals surface area contributed by atoms with E-state index in [1.807, 2.05) is 24.0 Å². The molecule has 1 amide bonds. The Morgan fingerprint density at radius 2 is 2.25 bits per heavy atom. The molecule has 0 saturated carbocycles. The number of hydrogen-bond donors (Lipinski definition) is 1. The minimum atomic E-state index is -0.0805. The van der Waals surface area contributed by atoms with Gasteiger partial charge in [0, 0.05) is 49.7 Å². The summed E-state index contributed by atoms with van der Waals surface area (Å²) in [4.78, 5) is 18.2. The molecule has 1 aliphatic rings. The van der Waals surface area contributed by atoms with Crippen molar-refractivity contribution in [2.75, 3.05) is 19.6 Å². The quantitative estimate of drug-likeness (QED) is 0.888. The van der Waals surface area contributed by atoms with Crippen molar-refractivity contribution in [3.8, 4) is 11.3 Å². The minimum Gasteiger partial charge on any atom is -0.355 e. The smallest absolute Gasteiger partial charge is 0.276 e. The van der Waals surface area contributed by atoms with Crippen molar-refractivity contribution in [2.24, 2.45) is 0 Å². The zero-order valence-corrected chi connectivity index (χ0v) is 11.2. The average Bonchev–Trinajstić information content (AvgIpc) is 2.98. The predicted octanol–water partition coefficient (Wildman–Crippen LogP) is 1.17. The Bertz CT molecular complexity index is 596. The van der Waals surface area contributed by atoms with Crippen molar-refractivity contribution in [3.05, 3.63) is 36.3 Å². The Balaban J connectivity index is 1.81. The third-order valence-electron chi connectivity index (χ3n) is 3.46. The molecule has 0 radical (unpaired) electrons. The van der Waals surface area contributed by atoms with E-state index in [9.17, 15) is 4.79 Å². The summed E-state index contributed by atoms with van der Waals surface area (Å²) >= 11 is 0. The first kappa shape index (κ1) is 12.8. The van der Waals surface area contributed by atoms with E-state index in [1.54, 1.807) is 18.5 Å². The molecule has 0 spiro atoms. The van der Waals surface area contributed by atoms with Gasteiger partial charge in [-0.15, -0.1) is 0 Å². The first-order valence-electron chi connectivity index (χ1n) is 6.64. The first-order valence-corrected chi connectivity index (χ1v) is 6.64. The summed E-state index contributed by atoms with van der Waals surface area (Å²) in [7, 11) is 0. The topological polar surface area (TPSA) is 71.3 Å². The molecular formula is C14H16N4O2. The maximum Gasteiger partial charge on any atom is 0.276 e. The first-order chi connectivity index (χ1) is 9.75. The van der Waals surface area contributed by atoms with Gasteiger partial charge in [0.1, 0.15) is 0 Å². The third-order valence-corrected chi connectivity index (χ3v) is 3.46. The molecule has 0 bridgehead atoms. The van der Waals surface area contributed by atoms with Crippen molar-refractivity contribution in [1.82, 2.24) is 20.4 Å². The predicted molar refractivity (Wildman–Crippen MR) is 73.1 cm³/mol. The van der Waals surface area contributed by atoms with Gasteiger partial charge in [0.15, 0.2) is 11.5 Å². The van der Waals surface area contributed by atoms with Gasteiger partial charge in [-0.2, -0.15) is 0 Å². The van der Waals surface area contributed by atoms with Gasteiger partial charge in [-0.1, -0.05) is 5.16 Å². The largest absolute Gasteiger partial charge is 0.355 e. The monoisotopic (exact) mass is 272 g/mol. The van der Waals surface area contributed by atoms with Crippen molar-refractivity contribution < 1.29 is 9.32 Å². The number of hydrogen-bond acceptors (Lipinski definition) is 5. The summed E-state index contributed by atoms with van der Waals surface area (Å²) in [5.74, 6) is 0.501. The van der Waals surface area contributed by atoms with Crippen molar-refractivity contribution in [1.29, 1.82) is 0 Å². The van der Waals surface area contributed by atoms with Crippen LogP contribution >= 0.6 is 0 Å². The Hall–Kier alpha value is -2.21. The molecule has 0 aromatic carbocycles. The van der Waals surface area contributed by atoms with E-state index in [2.05, 4.69) is 15.5 Å². The van der Waals surface area contributed by atoms with Crippen molar-refractivity contribution in [3.63, 3.8) is 0 Å². The molecule has 0 aliphatic carbocycles. The Morgan fingerprint density at radius 3 is 3.00 bits per heavy atom. The highest BCUT2D eigenvalue weighted by atomic mass is 16.5. The molecular weight excluding hydrogens is 256 g/mol. The summed E-state index contributed by atoms with van der Waals surface area (Å²) in [5.41, 5.74) is 1.21. The molecule has 2 aromatic heterocycles. The van der Waals surface area contributed by atoms with E-state index < -0.39 is 0 Å². The average molecular weight is 272 g/mol. The number of piperazine rings is 1. The van der Waals surface area contributed by atoms with Gasteiger partial charge in [-0.25, -0.2) is 0 Å². The highest BCUT2D eigenvalue weighted by Gasteiger charge is 2.26. The van der Waals surface area contributed by atoms with Gasteiger partial charge >= 0.3 is 0 Å². The van der Waals surface area contributed by atoms with Crippen LogP contribution in [0.5, 0.6) is 0 Å². The maximum atomic E-state index is 12.4. The highest BCUT2D eigenvalue weighted by molar-refractivity contribution is 5.93. The molecule has 1 saturated heterocycles. The normalized spacial score (nSPS) is 19.1. The van der Waals surface area contributed by atoms with Crippen LogP contribution in [0, 0.1) is 0 Å². The van der Waals surface area contributed by atoms with Crippen LogP contribution in [0.25, 0.3) is 11.3 Å². The molecule has 3 heterocycles. The van der Waals surface area contributed by atoms with Crippen LogP contribution < -0.4 is 5.32 Å². The number of carbonyl (C=O) groups excluding carboxylic acids is 1. The lowest BCUT2D eigenvalue weighted by atomic mass is 10.1. The zero-order chi connectivity index (χ0) is 13.9. The molecule has 0 unspecified atom stereocenters. The minimum absolute atomic E-state index is 0.0805. The number of nitrogens with one attached hydrogen (secondary N) is 1. The van der Waals surface area contributed by atoms with E-state index in [-0.39, 0.29) is 11.9 Å².